The molecule has 0 unspecified atom stereocenters. The van der Waals surface area contributed by atoms with Gasteiger partial charge >= 0.3 is 0 Å². The van der Waals surface area contributed by atoms with Crippen molar-refractivity contribution in [3.05, 3.63) is 65.4 Å². The highest BCUT2D eigenvalue weighted by atomic mass is 35.5. The second-order valence-corrected chi connectivity index (χ2v) is 7.40. The van der Waals surface area contributed by atoms with E-state index in [-0.39, 0.29) is 24.0 Å². The van der Waals surface area contributed by atoms with E-state index in [1.54, 1.807) is 24.3 Å². The van der Waals surface area contributed by atoms with Gasteiger partial charge in [0, 0.05) is 12.2 Å². The summed E-state index contributed by atoms with van der Waals surface area (Å²) >= 11 is 7.32. The van der Waals surface area contributed by atoms with Gasteiger partial charge in [-0.1, -0.05) is 53.7 Å². The van der Waals surface area contributed by atoms with Crippen molar-refractivity contribution in [1.29, 1.82) is 0 Å². The minimum Gasteiger partial charge on any atom is -0.326 e. The van der Waals surface area contributed by atoms with Gasteiger partial charge in [0.2, 0.25) is 11.8 Å². The smallest absolute Gasteiger partial charge is 0.234 e. The highest BCUT2D eigenvalue weighted by molar-refractivity contribution is 7.99. The van der Waals surface area contributed by atoms with Crippen molar-refractivity contribution in [3.8, 4) is 0 Å². The Hall–Kier alpha value is -2.84. The topological polar surface area (TPSA) is 88.9 Å². The predicted molar refractivity (Wildman–Crippen MR) is 115 cm³/mol. The van der Waals surface area contributed by atoms with Crippen LogP contribution in [-0.2, 0) is 22.6 Å². The van der Waals surface area contributed by atoms with E-state index in [4.69, 9.17) is 11.6 Å². The summed E-state index contributed by atoms with van der Waals surface area (Å²) in [6, 6.07) is 16.3. The maximum atomic E-state index is 12.3. The molecule has 0 aliphatic carbocycles. The maximum Gasteiger partial charge on any atom is 0.234 e. The first-order valence-electron chi connectivity index (χ1n) is 9.01. The van der Waals surface area contributed by atoms with Crippen LogP contribution >= 0.6 is 23.4 Å². The lowest BCUT2D eigenvalue weighted by Gasteiger charge is -2.09. The molecule has 29 heavy (non-hydrogen) atoms. The normalized spacial score (nSPS) is 10.6. The van der Waals surface area contributed by atoms with Crippen molar-refractivity contribution < 1.29 is 9.59 Å². The van der Waals surface area contributed by atoms with Crippen molar-refractivity contribution in [2.45, 2.75) is 25.0 Å². The molecule has 0 saturated carbocycles. The molecule has 9 heteroatoms. The van der Waals surface area contributed by atoms with Crippen LogP contribution < -0.4 is 10.6 Å². The summed E-state index contributed by atoms with van der Waals surface area (Å²) in [5, 5.41) is 14.9. The number of hydrogen-bond donors (Lipinski definition) is 2. The molecule has 150 valence electrons. The monoisotopic (exact) mass is 429 g/mol. The van der Waals surface area contributed by atoms with E-state index in [0.29, 0.717) is 28.2 Å². The average molecular weight is 430 g/mol. The van der Waals surface area contributed by atoms with Gasteiger partial charge in [0.05, 0.1) is 22.9 Å². The van der Waals surface area contributed by atoms with Gasteiger partial charge in [0.25, 0.3) is 0 Å². The average Bonchev–Trinajstić information content (AvgIpc) is 3.10. The zero-order valence-electron chi connectivity index (χ0n) is 15.8. The molecule has 0 atom stereocenters. The Morgan fingerprint density at radius 1 is 1.00 bits per heavy atom. The standard InChI is InChI=1S/C20H20ClN5O2S/c1-2-26-17(12-18(27)22-14-8-4-3-5-9-14)24-25-20(26)29-13-19(28)23-16-11-7-6-10-15(16)21/h3-11H,2,12-13H2,1H3,(H,22,27)(H,23,28). The molecule has 0 fully saturated rings. The maximum absolute atomic E-state index is 12.3. The number of carbonyl (C=O) groups is 2. The van der Waals surface area contributed by atoms with Crippen LogP contribution in [0.15, 0.2) is 59.8 Å². The SMILES string of the molecule is CCn1c(CC(=O)Nc2ccccc2)nnc1SCC(=O)Nc1ccccc1Cl. The zero-order valence-corrected chi connectivity index (χ0v) is 17.3. The van der Waals surface area contributed by atoms with Crippen LogP contribution in [0.3, 0.4) is 0 Å². The van der Waals surface area contributed by atoms with E-state index in [2.05, 4.69) is 20.8 Å². The number of anilines is 2. The van der Waals surface area contributed by atoms with Crippen LogP contribution in [0.5, 0.6) is 0 Å². The molecule has 0 spiro atoms. The number of benzene rings is 2. The Labute approximate surface area is 177 Å². The minimum absolute atomic E-state index is 0.0993. The Kier molecular flexibility index (Phi) is 7.26. The lowest BCUT2D eigenvalue weighted by molar-refractivity contribution is -0.116. The number of nitrogens with zero attached hydrogens (tertiary/aromatic N) is 3. The summed E-state index contributed by atoms with van der Waals surface area (Å²) in [6.07, 6.45) is 0.0993. The van der Waals surface area contributed by atoms with Crippen molar-refractivity contribution in [3.63, 3.8) is 0 Å². The fourth-order valence-electron chi connectivity index (χ4n) is 2.62. The van der Waals surface area contributed by atoms with Gasteiger partial charge in [-0.05, 0) is 31.2 Å². The Bertz CT molecular complexity index is 994. The van der Waals surface area contributed by atoms with E-state index < -0.39 is 0 Å². The number of halogens is 1. The highest BCUT2D eigenvalue weighted by Gasteiger charge is 2.16. The summed E-state index contributed by atoms with van der Waals surface area (Å²) in [7, 11) is 0. The molecule has 2 amide bonds. The largest absolute Gasteiger partial charge is 0.326 e. The van der Waals surface area contributed by atoms with E-state index in [1.807, 2.05) is 41.8 Å². The molecule has 7 nitrogen and oxygen atoms in total. The van der Waals surface area contributed by atoms with E-state index in [0.717, 1.165) is 5.69 Å². The number of nitrogens with one attached hydrogen (secondary N) is 2. The number of carbonyl (C=O) groups excluding carboxylic acids is 2. The lowest BCUT2D eigenvalue weighted by atomic mass is 10.3. The lowest BCUT2D eigenvalue weighted by Crippen LogP contribution is -2.18. The third kappa shape index (κ3) is 5.82. The molecule has 3 aromatic rings. The number of amides is 2. The summed E-state index contributed by atoms with van der Waals surface area (Å²) in [5.41, 5.74) is 1.29. The fourth-order valence-corrected chi connectivity index (χ4v) is 3.63. The minimum atomic E-state index is -0.197. The molecule has 1 aromatic heterocycles. The van der Waals surface area contributed by atoms with Crippen molar-refractivity contribution in [2.75, 3.05) is 16.4 Å². The van der Waals surface area contributed by atoms with Gasteiger partial charge in [-0.2, -0.15) is 0 Å². The van der Waals surface area contributed by atoms with Crippen LogP contribution in [-0.4, -0.2) is 32.3 Å². The van der Waals surface area contributed by atoms with Crippen LogP contribution in [0.25, 0.3) is 0 Å². The quantitative estimate of drug-likeness (QED) is 0.531. The molecule has 1 heterocycles. The molecule has 0 aliphatic heterocycles. The third-order valence-electron chi connectivity index (χ3n) is 3.97. The van der Waals surface area contributed by atoms with Crippen LogP contribution in [0, 0.1) is 0 Å². The van der Waals surface area contributed by atoms with Gasteiger partial charge in [0.1, 0.15) is 5.82 Å². The second kappa shape index (κ2) is 10.1. The number of hydrogen-bond acceptors (Lipinski definition) is 5. The van der Waals surface area contributed by atoms with Gasteiger partial charge < -0.3 is 15.2 Å². The van der Waals surface area contributed by atoms with Crippen molar-refractivity contribution >= 4 is 46.6 Å². The summed E-state index contributed by atoms with van der Waals surface area (Å²) in [5.74, 6) is 0.331. The Morgan fingerprint density at radius 3 is 2.45 bits per heavy atom. The summed E-state index contributed by atoms with van der Waals surface area (Å²) in [4.78, 5) is 24.5. The van der Waals surface area contributed by atoms with E-state index in [9.17, 15) is 9.59 Å². The van der Waals surface area contributed by atoms with E-state index in [1.165, 1.54) is 11.8 Å². The first-order valence-corrected chi connectivity index (χ1v) is 10.4. The zero-order chi connectivity index (χ0) is 20.6. The first-order chi connectivity index (χ1) is 14.1. The number of thioether (sulfide) groups is 1. The van der Waals surface area contributed by atoms with Crippen LogP contribution in [0.4, 0.5) is 11.4 Å². The molecule has 2 aromatic carbocycles. The Balaban J connectivity index is 1.58. The molecule has 0 aliphatic rings. The van der Waals surface area contributed by atoms with Gasteiger partial charge in [0.15, 0.2) is 5.16 Å². The van der Waals surface area contributed by atoms with E-state index >= 15 is 0 Å². The summed E-state index contributed by atoms with van der Waals surface area (Å²) in [6.45, 7) is 2.53. The van der Waals surface area contributed by atoms with Crippen molar-refractivity contribution in [1.82, 2.24) is 14.8 Å². The molecule has 0 saturated heterocycles. The molecule has 3 rings (SSSR count). The molecule has 0 radical (unpaired) electrons. The second-order valence-electron chi connectivity index (χ2n) is 6.05. The molecular formula is C20H20ClN5O2S. The fraction of sp³-hybridized carbons (Fsp3) is 0.200. The highest BCUT2D eigenvalue weighted by Crippen LogP contribution is 2.22. The summed E-state index contributed by atoms with van der Waals surface area (Å²) < 4.78 is 1.83. The number of aromatic nitrogens is 3. The van der Waals surface area contributed by atoms with Crippen LogP contribution in [0.1, 0.15) is 12.7 Å². The molecular weight excluding hydrogens is 410 g/mol. The van der Waals surface area contributed by atoms with Gasteiger partial charge in [-0.3, -0.25) is 9.59 Å². The Morgan fingerprint density at radius 2 is 1.72 bits per heavy atom. The third-order valence-corrected chi connectivity index (χ3v) is 5.26. The first kappa shape index (κ1) is 20.9. The predicted octanol–water partition coefficient (Wildman–Crippen LogP) is 3.86. The van der Waals surface area contributed by atoms with Gasteiger partial charge in [-0.25, -0.2) is 0 Å². The van der Waals surface area contributed by atoms with Crippen LogP contribution in [0.2, 0.25) is 5.02 Å². The van der Waals surface area contributed by atoms with Crippen molar-refractivity contribution in [2.24, 2.45) is 0 Å². The molecule has 0 bridgehead atoms. The van der Waals surface area contributed by atoms with Gasteiger partial charge in [-0.15, -0.1) is 10.2 Å². The number of para-hydroxylation sites is 2. The number of rotatable bonds is 8. The molecule has 2 N–H and O–H groups in total.